The van der Waals surface area contributed by atoms with Gasteiger partial charge in [0.2, 0.25) is 11.8 Å². The van der Waals surface area contributed by atoms with Gasteiger partial charge in [-0.05, 0) is 43.2 Å². The molecule has 1 heterocycles. The second-order valence-corrected chi connectivity index (χ2v) is 8.01. The Hall–Kier alpha value is -4.16. The number of nitrogens with zero attached hydrogens (tertiary/aromatic N) is 1. The van der Waals surface area contributed by atoms with Crippen molar-refractivity contribution in [3.63, 3.8) is 0 Å². The number of hydrogen-bond acceptors (Lipinski definition) is 4. The topological polar surface area (TPSA) is 83.1 Å². The Kier molecular flexibility index (Phi) is 8.92. The van der Waals surface area contributed by atoms with E-state index in [9.17, 15) is 40.3 Å². The third kappa shape index (κ3) is 7.92. The number of carbonyl (C=O) groups is 2. The summed E-state index contributed by atoms with van der Waals surface area (Å²) in [5, 5.41) is 7.51. The van der Waals surface area contributed by atoms with Gasteiger partial charge in [0, 0.05) is 42.0 Å². The molecule has 0 saturated heterocycles. The first-order chi connectivity index (χ1) is 17.8. The van der Waals surface area contributed by atoms with Crippen LogP contribution < -0.4 is 16.0 Å². The number of benzene rings is 2. The van der Waals surface area contributed by atoms with E-state index in [2.05, 4.69) is 20.9 Å². The Balaban J connectivity index is 1.52. The summed E-state index contributed by atoms with van der Waals surface area (Å²) in [6.07, 6.45) is -7.16. The van der Waals surface area contributed by atoms with Crippen molar-refractivity contribution in [1.29, 1.82) is 0 Å². The fourth-order valence-electron chi connectivity index (χ4n) is 3.41. The van der Waals surface area contributed by atoms with Gasteiger partial charge in [-0.1, -0.05) is 18.2 Å². The monoisotopic (exact) mass is 542 g/mol. The van der Waals surface area contributed by atoms with Gasteiger partial charge in [-0.2, -0.15) is 26.3 Å². The third-order valence-corrected chi connectivity index (χ3v) is 5.13. The number of halogens is 7. The first kappa shape index (κ1) is 28.4. The summed E-state index contributed by atoms with van der Waals surface area (Å²) in [4.78, 5) is 26.9. The van der Waals surface area contributed by atoms with Gasteiger partial charge in [0.05, 0.1) is 11.1 Å². The summed E-state index contributed by atoms with van der Waals surface area (Å²) >= 11 is 0. The largest absolute Gasteiger partial charge is 0.433 e. The summed E-state index contributed by atoms with van der Waals surface area (Å²) in [5.74, 6) is -1.77. The Morgan fingerprint density at radius 3 is 2.21 bits per heavy atom. The molecule has 3 aromatic rings. The lowest BCUT2D eigenvalue weighted by molar-refractivity contribution is -0.142. The Bertz CT molecular complexity index is 1340. The molecule has 13 heteroatoms. The summed E-state index contributed by atoms with van der Waals surface area (Å²) in [5.41, 5.74) is -3.47. The second-order valence-electron chi connectivity index (χ2n) is 8.01. The van der Waals surface area contributed by atoms with Gasteiger partial charge in [-0.15, -0.1) is 0 Å². The van der Waals surface area contributed by atoms with E-state index in [-0.39, 0.29) is 29.9 Å². The van der Waals surface area contributed by atoms with Crippen molar-refractivity contribution in [2.45, 2.75) is 25.2 Å². The van der Waals surface area contributed by atoms with Crippen molar-refractivity contribution in [1.82, 2.24) is 10.3 Å². The standard InChI is InChI=1S/C25H21F7N4O2/c26-15-5-3-6-16(13-15)35-22(38)10-9-21(37)34-12-2-1-11-33-19-14-20(25(30,31)32)36-23-17(19)7-4-8-18(23)24(27,28)29/h3-10,13-14H,1-2,11-12H2,(H,33,36)(H,34,37)(H,35,38)/b10-9+. The molecule has 0 aliphatic rings. The molecule has 2 amide bonds. The number of amides is 2. The van der Waals surface area contributed by atoms with E-state index >= 15 is 0 Å². The number of alkyl halides is 6. The smallest absolute Gasteiger partial charge is 0.384 e. The fourth-order valence-corrected chi connectivity index (χ4v) is 3.41. The van der Waals surface area contributed by atoms with Crippen molar-refractivity contribution in [3.05, 3.63) is 77.8 Å². The van der Waals surface area contributed by atoms with E-state index < -0.39 is 46.8 Å². The van der Waals surface area contributed by atoms with Crippen LogP contribution in [0.4, 0.5) is 42.1 Å². The van der Waals surface area contributed by atoms with Gasteiger partial charge >= 0.3 is 12.4 Å². The molecular weight excluding hydrogens is 521 g/mol. The van der Waals surface area contributed by atoms with E-state index in [0.29, 0.717) is 25.0 Å². The fraction of sp³-hybridized carbons (Fsp3) is 0.240. The zero-order valence-corrected chi connectivity index (χ0v) is 19.5. The van der Waals surface area contributed by atoms with Crippen LogP contribution in [0.3, 0.4) is 0 Å². The number of unbranched alkanes of at least 4 members (excludes halogenated alkanes) is 1. The Morgan fingerprint density at radius 1 is 0.842 bits per heavy atom. The molecule has 3 N–H and O–H groups in total. The molecule has 0 aliphatic carbocycles. The van der Waals surface area contributed by atoms with Gasteiger partial charge in [0.15, 0.2) is 0 Å². The minimum Gasteiger partial charge on any atom is -0.384 e. The predicted octanol–water partition coefficient (Wildman–Crippen LogP) is 5.91. The van der Waals surface area contributed by atoms with Crippen LogP contribution in [0.15, 0.2) is 60.7 Å². The number of aromatic nitrogens is 1. The highest BCUT2D eigenvalue weighted by molar-refractivity contribution is 6.03. The maximum atomic E-state index is 13.3. The average Bonchev–Trinajstić information content (AvgIpc) is 2.83. The molecule has 0 radical (unpaired) electrons. The summed E-state index contributed by atoms with van der Waals surface area (Å²) in [6.45, 7) is 0.272. The van der Waals surface area contributed by atoms with Gasteiger partial charge in [0.1, 0.15) is 11.5 Å². The molecule has 0 saturated carbocycles. The minimum atomic E-state index is -4.95. The number of pyridine rings is 1. The molecule has 0 fully saturated rings. The lowest BCUT2D eigenvalue weighted by Gasteiger charge is -2.16. The molecule has 2 aromatic carbocycles. The zero-order valence-electron chi connectivity index (χ0n) is 19.5. The summed E-state index contributed by atoms with van der Waals surface area (Å²) in [7, 11) is 0. The van der Waals surface area contributed by atoms with Gasteiger partial charge < -0.3 is 16.0 Å². The highest BCUT2D eigenvalue weighted by Gasteiger charge is 2.37. The SMILES string of the molecule is O=C(/C=C/C(=O)Nc1cccc(F)c1)NCCCCNc1cc(C(F)(F)F)nc2c(C(F)(F)F)cccc12. The molecule has 0 unspecified atom stereocenters. The van der Waals surface area contributed by atoms with E-state index in [0.717, 1.165) is 24.3 Å². The van der Waals surface area contributed by atoms with E-state index in [1.165, 1.54) is 24.3 Å². The number of hydrogen-bond donors (Lipinski definition) is 3. The van der Waals surface area contributed by atoms with Crippen LogP contribution in [0.1, 0.15) is 24.1 Å². The molecule has 0 atom stereocenters. The number of anilines is 2. The normalized spacial score (nSPS) is 12.1. The Morgan fingerprint density at radius 2 is 1.53 bits per heavy atom. The lowest BCUT2D eigenvalue weighted by atomic mass is 10.1. The van der Waals surface area contributed by atoms with Crippen molar-refractivity contribution >= 4 is 34.1 Å². The summed E-state index contributed by atoms with van der Waals surface area (Å²) in [6, 6.07) is 8.85. The molecule has 38 heavy (non-hydrogen) atoms. The predicted molar refractivity (Wildman–Crippen MR) is 127 cm³/mol. The van der Waals surface area contributed by atoms with Crippen LogP contribution in [0.25, 0.3) is 10.9 Å². The van der Waals surface area contributed by atoms with Gasteiger partial charge in [0.25, 0.3) is 0 Å². The molecule has 0 bridgehead atoms. The third-order valence-electron chi connectivity index (χ3n) is 5.13. The molecule has 202 valence electrons. The highest BCUT2D eigenvalue weighted by Crippen LogP contribution is 2.39. The molecule has 1 aromatic heterocycles. The number of carbonyl (C=O) groups excluding carboxylic acids is 2. The van der Waals surface area contributed by atoms with Crippen LogP contribution >= 0.6 is 0 Å². The zero-order chi connectivity index (χ0) is 27.9. The van der Waals surface area contributed by atoms with Crippen LogP contribution in [-0.2, 0) is 21.9 Å². The number of nitrogens with one attached hydrogen (secondary N) is 3. The van der Waals surface area contributed by atoms with Crippen LogP contribution in [0.2, 0.25) is 0 Å². The molecular formula is C25H21F7N4O2. The van der Waals surface area contributed by atoms with Gasteiger partial charge in [-0.25, -0.2) is 9.37 Å². The lowest BCUT2D eigenvalue weighted by Crippen LogP contribution is -2.23. The second kappa shape index (κ2) is 11.9. The van der Waals surface area contributed by atoms with Crippen LogP contribution in [0.5, 0.6) is 0 Å². The van der Waals surface area contributed by atoms with Crippen molar-refractivity contribution < 1.29 is 40.3 Å². The quantitative estimate of drug-likeness (QED) is 0.178. The molecule has 6 nitrogen and oxygen atoms in total. The average molecular weight is 542 g/mol. The molecule has 3 rings (SSSR count). The van der Waals surface area contributed by atoms with Gasteiger partial charge in [-0.3, -0.25) is 9.59 Å². The van der Waals surface area contributed by atoms with E-state index in [4.69, 9.17) is 0 Å². The Labute approximate surface area is 211 Å². The number of fused-ring (bicyclic) bond motifs is 1. The van der Waals surface area contributed by atoms with E-state index in [1.807, 2.05) is 0 Å². The van der Waals surface area contributed by atoms with Crippen molar-refractivity contribution in [2.75, 3.05) is 23.7 Å². The maximum absolute atomic E-state index is 13.3. The first-order valence-electron chi connectivity index (χ1n) is 11.2. The molecule has 0 aliphatic heterocycles. The minimum absolute atomic E-state index is 0.106. The van der Waals surface area contributed by atoms with Crippen molar-refractivity contribution in [2.24, 2.45) is 0 Å². The summed E-state index contributed by atoms with van der Waals surface area (Å²) < 4.78 is 92.9. The van der Waals surface area contributed by atoms with Crippen LogP contribution in [-0.4, -0.2) is 29.9 Å². The molecule has 0 spiro atoms. The first-order valence-corrected chi connectivity index (χ1v) is 11.2. The highest BCUT2D eigenvalue weighted by atomic mass is 19.4. The maximum Gasteiger partial charge on any atom is 0.433 e. The van der Waals surface area contributed by atoms with Crippen molar-refractivity contribution in [3.8, 4) is 0 Å². The number of para-hydroxylation sites is 1. The van der Waals surface area contributed by atoms with E-state index in [1.54, 1.807) is 0 Å². The number of rotatable bonds is 9. The van der Waals surface area contributed by atoms with Crippen LogP contribution in [0, 0.1) is 5.82 Å².